The van der Waals surface area contributed by atoms with Crippen molar-refractivity contribution in [1.29, 1.82) is 0 Å². The lowest BCUT2D eigenvalue weighted by atomic mass is 10.2. The molecule has 2 aromatic rings. The highest BCUT2D eigenvalue weighted by atomic mass is 35.7. The zero-order valence-electron chi connectivity index (χ0n) is 9.01. The number of hydrogen-bond acceptors (Lipinski definition) is 1. The van der Waals surface area contributed by atoms with Crippen molar-refractivity contribution in [2.75, 3.05) is 0 Å². The van der Waals surface area contributed by atoms with Crippen LogP contribution in [0.5, 0.6) is 0 Å². The molecule has 0 aliphatic carbocycles. The Bertz CT molecular complexity index is 537. The largest absolute Gasteiger partial charge is 0.301 e. The molecule has 2 rings (SSSR count). The Morgan fingerprint density at radius 3 is 2.12 bits per heavy atom. The quantitative estimate of drug-likeness (QED) is 0.748. The van der Waals surface area contributed by atoms with Crippen molar-refractivity contribution in [3.05, 3.63) is 65.2 Å². The molecular weight excluding hydrogens is 274 g/mol. The SMILES string of the molecule is O=P(Cl)(Cc1ccc(Cl)cc1)c1ccccc1. The summed E-state index contributed by atoms with van der Waals surface area (Å²) in [5, 5.41) is 1.36. The minimum absolute atomic E-state index is 0.343. The minimum atomic E-state index is -2.85. The lowest BCUT2D eigenvalue weighted by molar-refractivity contribution is 0.589. The van der Waals surface area contributed by atoms with Crippen molar-refractivity contribution in [1.82, 2.24) is 0 Å². The molecule has 1 atom stereocenters. The summed E-state index contributed by atoms with van der Waals surface area (Å²) in [5.74, 6) is 0. The summed E-state index contributed by atoms with van der Waals surface area (Å²) in [4.78, 5) is 0. The first-order chi connectivity index (χ1) is 8.08. The van der Waals surface area contributed by atoms with Crippen LogP contribution in [-0.4, -0.2) is 0 Å². The van der Waals surface area contributed by atoms with Gasteiger partial charge in [-0.2, -0.15) is 0 Å². The monoisotopic (exact) mass is 284 g/mol. The van der Waals surface area contributed by atoms with E-state index in [4.69, 9.17) is 22.8 Å². The Balaban J connectivity index is 2.23. The average molecular weight is 285 g/mol. The zero-order chi connectivity index (χ0) is 12.3. The number of benzene rings is 2. The topological polar surface area (TPSA) is 17.1 Å². The van der Waals surface area contributed by atoms with Gasteiger partial charge in [0.2, 0.25) is 6.49 Å². The van der Waals surface area contributed by atoms with Crippen LogP contribution in [0.4, 0.5) is 0 Å². The van der Waals surface area contributed by atoms with Crippen LogP contribution in [-0.2, 0) is 10.7 Å². The lowest BCUT2D eigenvalue weighted by Gasteiger charge is -2.10. The van der Waals surface area contributed by atoms with Crippen molar-refractivity contribution >= 4 is 34.6 Å². The van der Waals surface area contributed by atoms with E-state index in [0.29, 0.717) is 16.5 Å². The van der Waals surface area contributed by atoms with E-state index in [9.17, 15) is 4.57 Å². The van der Waals surface area contributed by atoms with Crippen LogP contribution >= 0.6 is 29.3 Å². The first-order valence-corrected chi connectivity index (χ1v) is 8.34. The van der Waals surface area contributed by atoms with Gasteiger partial charge in [0.25, 0.3) is 0 Å². The maximum atomic E-state index is 12.4. The maximum absolute atomic E-state index is 12.4. The predicted octanol–water partition coefficient (Wildman–Crippen LogP) is 4.68. The van der Waals surface area contributed by atoms with Crippen LogP contribution in [0.15, 0.2) is 54.6 Å². The molecule has 0 heterocycles. The first kappa shape index (κ1) is 12.7. The minimum Gasteiger partial charge on any atom is -0.301 e. The maximum Gasteiger partial charge on any atom is 0.201 e. The second-order valence-corrected chi connectivity index (χ2v) is 7.98. The highest BCUT2D eigenvalue weighted by Crippen LogP contribution is 2.52. The van der Waals surface area contributed by atoms with E-state index in [2.05, 4.69) is 0 Å². The Labute approximate surface area is 111 Å². The van der Waals surface area contributed by atoms with Crippen molar-refractivity contribution in [2.45, 2.75) is 6.16 Å². The van der Waals surface area contributed by atoms with E-state index >= 15 is 0 Å². The summed E-state index contributed by atoms with van der Waals surface area (Å²) >= 11 is 12.0. The molecule has 0 fully saturated rings. The van der Waals surface area contributed by atoms with Crippen LogP contribution in [0.2, 0.25) is 5.02 Å². The standard InChI is InChI=1S/C13H11Cl2OP/c14-12-8-6-11(7-9-12)10-17(15,16)13-4-2-1-3-5-13/h1-9H,10H2. The molecule has 0 radical (unpaired) electrons. The Kier molecular flexibility index (Phi) is 3.93. The summed E-state index contributed by atoms with van der Waals surface area (Å²) in [6, 6.07) is 16.4. The van der Waals surface area contributed by atoms with Gasteiger partial charge in [-0.05, 0) is 28.9 Å². The van der Waals surface area contributed by atoms with E-state index < -0.39 is 6.49 Å². The normalized spacial score (nSPS) is 14.2. The summed E-state index contributed by atoms with van der Waals surface area (Å²) in [6.07, 6.45) is 0.343. The van der Waals surface area contributed by atoms with Gasteiger partial charge in [0.05, 0.1) is 0 Å². The molecule has 0 aliphatic heterocycles. The van der Waals surface area contributed by atoms with Crippen LogP contribution < -0.4 is 5.30 Å². The number of rotatable bonds is 3. The Morgan fingerprint density at radius 2 is 1.53 bits per heavy atom. The third-order valence-corrected chi connectivity index (χ3v) is 5.48. The van der Waals surface area contributed by atoms with Gasteiger partial charge >= 0.3 is 0 Å². The summed E-state index contributed by atoms with van der Waals surface area (Å²) < 4.78 is 12.4. The van der Waals surface area contributed by atoms with Gasteiger partial charge in [0.1, 0.15) is 0 Å². The van der Waals surface area contributed by atoms with Gasteiger partial charge in [0, 0.05) is 16.5 Å². The highest BCUT2D eigenvalue weighted by Gasteiger charge is 2.21. The van der Waals surface area contributed by atoms with Gasteiger partial charge in [-0.3, -0.25) is 0 Å². The molecule has 1 unspecified atom stereocenters. The molecule has 0 N–H and O–H groups in total. The van der Waals surface area contributed by atoms with E-state index in [1.54, 1.807) is 24.3 Å². The molecule has 17 heavy (non-hydrogen) atoms. The van der Waals surface area contributed by atoms with Gasteiger partial charge in [-0.25, -0.2) is 0 Å². The Morgan fingerprint density at radius 1 is 0.941 bits per heavy atom. The molecule has 88 valence electrons. The second kappa shape index (κ2) is 5.27. The summed E-state index contributed by atoms with van der Waals surface area (Å²) in [7, 11) is 0. The van der Waals surface area contributed by atoms with Crippen molar-refractivity contribution in [2.24, 2.45) is 0 Å². The average Bonchev–Trinajstić information content (AvgIpc) is 2.33. The van der Waals surface area contributed by atoms with Crippen LogP contribution in [0.3, 0.4) is 0 Å². The zero-order valence-corrected chi connectivity index (χ0v) is 11.4. The molecule has 0 aromatic heterocycles. The molecule has 2 aromatic carbocycles. The van der Waals surface area contributed by atoms with E-state index in [-0.39, 0.29) is 0 Å². The fourth-order valence-electron chi connectivity index (χ4n) is 1.57. The van der Waals surface area contributed by atoms with Crippen molar-refractivity contribution in [3.63, 3.8) is 0 Å². The van der Waals surface area contributed by atoms with Crippen molar-refractivity contribution in [3.8, 4) is 0 Å². The molecule has 0 saturated carbocycles. The number of halogens is 2. The molecule has 0 spiro atoms. The first-order valence-electron chi connectivity index (χ1n) is 5.17. The van der Waals surface area contributed by atoms with E-state index in [1.807, 2.05) is 30.3 Å². The summed E-state index contributed by atoms with van der Waals surface area (Å²) in [5.41, 5.74) is 0.927. The Hall–Kier alpha value is -0.750. The fraction of sp³-hybridized carbons (Fsp3) is 0.0769. The second-order valence-electron chi connectivity index (χ2n) is 3.77. The van der Waals surface area contributed by atoms with Crippen LogP contribution in [0.25, 0.3) is 0 Å². The van der Waals surface area contributed by atoms with E-state index in [0.717, 1.165) is 5.56 Å². The molecule has 0 bridgehead atoms. The third kappa shape index (κ3) is 3.35. The van der Waals surface area contributed by atoms with Gasteiger partial charge < -0.3 is 4.57 Å². The molecule has 4 heteroatoms. The highest BCUT2D eigenvalue weighted by molar-refractivity contribution is 7.94. The molecule has 0 amide bonds. The van der Waals surface area contributed by atoms with Gasteiger partial charge in [-0.1, -0.05) is 54.1 Å². The van der Waals surface area contributed by atoms with Crippen molar-refractivity contribution < 1.29 is 4.57 Å². The lowest BCUT2D eigenvalue weighted by Crippen LogP contribution is -2.01. The molecule has 0 saturated heterocycles. The van der Waals surface area contributed by atoms with E-state index in [1.165, 1.54) is 0 Å². The van der Waals surface area contributed by atoms with Gasteiger partial charge in [-0.15, -0.1) is 0 Å². The number of hydrogen-bond donors (Lipinski definition) is 0. The molecular formula is C13H11Cl2OP. The smallest absolute Gasteiger partial charge is 0.201 e. The predicted molar refractivity (Wildman–Crippen MR) is 74.7 cm³/mol. The summed E-state index contributed by atoms with van der Waals surface area (Å²) in [6.45, 7) is -2.85. The van der Waals surface area contributed by atoms with Gasteiger partial charge in [0.15, 0.2) is 0 Å². The third-order valence-electron chi connectivity index (χ3n) is 2.44. The fourth-order valence-corrected chi connectivity index (χ4v) is 3.93. The molecule has 0 aliphatic rings. The molecule has 1 nitrogen and oxygen atoms in total. The van der Waals surface area contributed by atoms with Crippen LogP contribution in [0.1, 0.15) is 5.56 Å². The van der Waals surface area contributed by atoms with Crippen LogP contribution in [0, 0.1) is 0 Å².